The van der Waals surface area contributed by atoms with Crippen LogP contribution in [0.2, 0.25) is 0 Å². The van der Waals surface area contributed by atoms with E-state index in [1.54, 1.807) is 19.1 Å². The standard InChI is InChI=1S/C14H13F2N/c1-9-2-3-10(7-14(9)16)13-5-4-12(15)6-11(13)8-17/h2-7H,8,17H2,1H3. The molecule has 0 atom stereocenters. The SMILES string of the molecule is Cc1ccc(-c2ccc(F)cc2CN)cc1F. The first-order chi connectivity index (χ1) is 8.11. The lowest BCUT2D eigenvalue weighted by molar-refractivity contribution is 0.619. The maximum Gasteiger partial charge on any atom is 0.126 e. The summed E-state index contributed by atoms with van der Waals surface area (Å²) in [5, 5.41) is 0. The van der Waals surface area contributed by atoms with E-state index in [0.717, 1.165) is 5.56 Å². The lowest BCUT2D eigenvalue weighted by Crippen LogP contribution is -2.00. The average Bonchev–Trinajstić information content (AvgIpc) is 2.32. The molecule has 0 spiro atoms. The third-order valence-electron chi connectivity index (χ3n) is 2.77. The summed E-state index contributed by atoms with van der Waals surface area (Å²) in [6.07, 6.45) is 0. The van der Waals surface area contributed by atoms with Crippen LogP contribution in [0, 0.1) is 18.6 Å². The summed E-state index contributed by atoms with van der Waals surface area (Å²) in [7, 11) is 0. The van der Waals surface area contributed by atoms with Gasteiger partial charge in [-0.3, -0.25) is 0 Å². The van der Waals surface area contributed by atoms with E-state index < -0.39 is 0 Å². The molecular weight excluding hydrogens is 220 g/mol. The Morgan fingerprint density at radius 1 is 1.06 bits per heavy atom. The predicted molar refractivity (Wildman–Crippen MR) is 64.4 cm³/mol. The fourth-order valence-electron chi connectivity index (χ4n) is 1.77. The lowest BCUT2D eigenvalue weighted by atomic mass is 9.98. The normalized spacial score (nSPS) is 10.6. The smallest absolute Gasteiger partial charge is 0.126 e. The zero-order valence-corrected chi connectivity index (χ0v) is 9.50. The van der Waals surface area contributed by atoms with E-state index in [4.69, 9.17) is 5.73 Å². The fraction of sp³-hybridized carbons (Fsp3) is 0.143. The minimum Gasteiger partial charge on any atom is -0.326 e. The Balaban J connectivity index is 2.55. The second-order valence-electron chi connectivity index (χ2n) is 3.97. The molecule has 0 amide bonds. The van der Waals surface area contributed by atoms with Gasteiger partial charge in [0.2, 0.25) is 0 Å². The quantitative estimate of drug-likeness (QED) is 0.845. The molecule has 0 aliphatic rings. The van der Waals surface area contributed by atoms with Crippen molar-refractivity contribution in [1.82, 2.24) is 0 Å². The summed E-state index contributed by atoms with van der Waals surface area (Å²) < 4.78 is 26.5. The number of rotatable bonds is 2. The number of nitrogens with two attached hydrogens (primary N) is 1. The van der Waals surface area contributed by atoms with E-state index in [1.165, 1.54) is 18.2 Å². The molecule has 0 aliphatic carbocycles. The Kier molecular flexibility index (Phi) is 3.20. The Bertz CT molecular complexity index is 550. The minimum atomic E-state index is -0.332. The van der Waals surface area contributed by atoms with Crippen molar-refractivity contribution in [3.8, 4) is 11.1 Å². The Hall–Kier alpha value is -1.74. The molecule has 0 fully saturated rings. The molecule has 0 saturated carbocycles. The molecule has 2 rings (SSSR count). The third kappa shape index (κ3) is 2.34. The van der Waals surface area contributed by atoms with Crippen LogP contribution in [-0.4, -0.2) is 0 Å². The highest BCUT2D eigenvalue weighted by Crippen LogP contribution is 2.25. The van der Waals surface area contributed by atoms with E-state index in [9.17, 15) is 8.78 Å². The summed E-state index contributed by atoms with van der Waals surface area (Å²) in [6, 6.07) is 9.32. The summed E-state index contributed by atoms with van der Waals surface area (Å²) >= 11 is 0. The molecule has 3 heteroatoms. The van der Waals surface area contributed by atoms with Gasteiger partial charge < -0.3 is 5.73 Å². The van der Waals surface area contributed by atoms with Gasteiger partial charge in [-0.15, -0.1) is 0 Å². The predicted octanol–water partition coefficient (Wildman–Crippen LogP) is 3.40. The number of halogens is 2. The summed E-state index contributed by atoms with van der Waals surface area (Å²) in [6.45, 7) is 1.93. The van der Waals surface area contributed by atoms with E-state index in [1.807, 2.05) is 6.07 Å². The van der Waals surface area contributed by atoms with Crippen molar-refractivity contribution in [3.63, 3.8) is 0 Å². The Morgan fingerprint density at radius 3 is 2.47 bits per heavy atom. The van der Waals surface area contributed by atoms with Crippen LogP contribution in [0.4, 0.5) is 8.78 Å². The van der Waals surface area contributed by atoms with E-state index >= 15 is 0 Å². The van der Waals surface area contributed by atoms with Gasteiger partial charge in [-0.2, -0.15) is 0 Å². The number of benzene rings is 2. The summed E-state index contributed by atoms with van der Waals surface area (Å²) in [5.41, 5.74) is 8.31. The van der Waals surface area contributed by atoms with Crippen molar-refractivity contribution in [2.75, 3.05) is 0 Å². The molecule has 1 nitrogen and oxygen atoms in total. The molecule has 0 aliphatic heterocycles. The fourth-order valence-corrected chi connectivity index (χ4v) is 1.77. The summed E-state index contributed by atoms with van der Waals surface area (Å²) in [4.78, 5) is 0. The van der Waals surface area contributed by atoms with Crippen molar-refractivity contribution in [2.24, 2.45) is 5.73 Å². The monoisotopic (exact) mass is 233 g/mol. The van der Waals surface area contributed by atoms with Crippen molar-refractivity contribution in [1.29, 1.82) is 0 Å². The zero-order chi connectivity index (χ0) is 12.4. The van der Waals surface area contributed by atoms with Gasteiger partial charge in [0.1, 0.15) is 11.6 Å². The molecule has 17 heavy (non-hydrogen) atoms. The highest BCUT2D eigenvalue weighted by Gasteiger charge is 2.07. The van der Waals surface area contributed by atoms with Crippen LogP contribution in [0.25, 0.3) is 11.1 Å². The molecule has 2 aromatic rings. The summed E-state index contributed by atoms with van der Waals surface area (Å²) in [5.74, 6) is -0.600. The Labute approximate surface area is 98.9 Å². The van der Waals surface area contributed by atoms with Crippen molar-refractivity contribution >= 4 is 0 Å². The van der Waals surface area contributed by atoms with Crippen LogP contribution in [0.15, 0.2) is 36.4 Å². The van der Waals surface area contributed by atoms with Crippen molar-refractivity contribution in [2.45, 2.75) is 13.5 Å². The molecule has 0 bridgehead atoms. The number of hydrogen-bond donors (Lipinski definition) is 1. The topological polar surface area (TPSA) is 26.0 Å². The van der Waals surface area contributed by atoms with Crippen LogP contribution in [0.5, 0.6) is 0 Å². The van der Waals surface area contributed by atoms with E-state index in [2.05, 4.69) is 0 Å². The first-order valence-corrected chi connectivity index (χ1v) is 5.37. The highest BCUT2D eigenvalue weighted by atomic mass is 19.1. The van der Waals surface area contributed by atoms with Gasteiger partial charge in [0.25, 0.3) is 0 Å². The van der Waals surface area contributed by atoms with Gasteiger partial charge in [-0.1, -0.05) is 18.2 Å². The third-order valence-corrected chi connectivity index (χ3v) is 2.77. The second kappa shape index (κ2) is 4.63. The highest BCUT2D eigenvalue weighted by molar-refractivity contribution is 5.67. The molecule has 0 saturated heterocycles. The number of hydrogen-bond acceptors (Lipinski definition) is 1. The van der Waals surface area contributed by atoms with E-state index in [0.29, 0.717) is 16.7 Å². The first-order valence-electron chi connectivity index (χ1n) is 5.37. The van der Waals surface area contributed by atoms with Crippen LogP contribution >= 0.6 is 0 Å². The molecule has 0 unspecified atom stereocenters. The van der Waals surface area contributed by atoms with Crippen molar-refractivity contribution in [3.05, 3.63) is 59.2 Å². The molecule has 0 radical (unpaired) electrons. The van der Waals surface area contributed by atoms with Crippen molar-refractivity contribution < 1.29 is 8.78 Å². The van der Waals surface area contributed by atoms with Gasteiger partial charge in [-0.05, 0) is 47.4 Å². The average molecular weight is 233 g/mol. The molecular formula is C14H13F2N. The van der Waals surface area contributed by atoms with Gasteiger partial charge in [0, 0.05) is 6.54 Å². The largest absolute Gasteiger partial charge is 0.326 e. The van der Waals surface area contributed by atoms with Crippen LogP contribution < -0.4 is 5.73 Å². The minimum absolute atomic E-state index is 0.225. The molecule has 2 aromatic carbocycles. The lowest BCUT2D eigenvalue weighted by Gasteiger charge is -2.09. The van der Waals surface area contributed by atoms with Gasteiger partial charge in [-0.25, -0.2) is 8.78 Å². The first kappa shape index (κ1) is 11.7. The van der Waals surface area contributed by atoms with Gasteiger partial charge in [0.05, 0.1) is 0 Å². The van der Waals surface area contributed by atoms with E-state index in [-0.39, 0.29) is 18.2 Å². The molecule has 0 aromatic heterocycles. The maximum absolute atomic E-state index is 13.5. The Morgan fingerprint density at radius 2 is 1.82 bits per heavy atom. The van der Waals surface area contributed by atoms with Gasteiger partial charge >= 0.3 is 0 Å². The zero-order valence-electron chi connectivity index (χ0n) is 9.50. The van der Waals surface area contributed by atoms with Gasteiger partial charge in [0.15, 0.2) is 0 Å². The van der Waals surface area contributed by atoms with Crippen LogP contribution in [-0.2, 0) is 6.54 Å². The van der Waals surface area contributed by atoms with Crippen LogP contribution in [0.1, 0.15) is 11.1 Å². The number of aryl methyl sites for hydroxylation is 1. The second-order valence-corrected chi connectivity index (χ2v) is 3.97. The molecule has 88 valence electrons. The van der Waals surface area contributed by atoms with Crippen LogP contribution in [0.3, 0.4) is 0 Å². The molecule has 0 heterocycles. The maximum atomic E-state index is 13.5. The molecule has 2 N–H and O–H groups in total.